The van der Waals surface area contributed by atoms with Gasteiger partial charge in [0.2, 0.25) is 0 Å². The van der Waals surface area contributed by atoms with Crippen LogP contribution in [0, 0.1) is 10.1 Å². The quantitative estimate of drug-likeness (QED) is 0.334. The topological polar surface area (TPSA) is 108 Å². The van der Waals surface area contributed by atoms with Crippen molar-refractivity contribution < 1.29 is 28.7 Å². The molecule has 0 atom stereocenters. The van der Waals surface area contributed by atoms with Crippen molar-refractivity contribution in [2.75, 3.05) is 19.1 Å². The predicted octanol–water partition coefficient (Wildman–Crippen LogP) is 4.20. The highest BCUT2D eigenvalue weighted by atomic mass is 16.6. The smallest absolute Gasteiger partial charge is 0.273 e. The number of carbonyl (C=O) groups excluding carboxylic acids is 2. The highest BCUT2D eigenvalue weighted by molar-refractivity contribution is 6.35. The van der Waals surface area contributed by atoms with Gasteiger partial charge in [0.15, 0.2) is 0 Å². The highest BCUT2D eigenvalue weighted by Crippen LogP contribution is 2.38. The largest absolute Gasteiger partial charge is 0.497 e. The minimum Gasteiger partial charge on any atom is -0.497 e. The first kappa shape index (κ1) is 19.9. The molecule has 3 aromatic rings. The molecular weight excluding hydrogens is 404 g/mol. The minimum atomic E-state index is -0.534. The van der Waals surface area contributed by atoms with Gasteiger partial charge in [0.25, 0.3) is 17.5 Å². The molecule has 3 aromatic carbocycles. The summed E-state index contributed by atoms with van der Waals surface area (Å²) in [7, 11) is 2.93. The summed E-state index contributed by atoms with van der Waals surface area (Å²) >= 11 is 0. The van der Waals surface area contributed by atoms with E-state index in [9.17, 15) is 19.7 Å². The van der Waals surface area contributed by atoms with Gasteiger partial charge < -0.3 is 14.2 Å². The Labute approximate surface area is 176 Å². The van der Waals surface area contributed by atoms with Crippen LogP contribution in [-0.2, 0) is 0 Å². The summed E-state index contributed by atoms with van der Waals surface area (Å²) in [6, 6.07) is 14.9. The lowest BCUT2D eigenvalue weighted by molar-refractivity contribution is -0.384. The van der Waals surface area contributed by atoms with Gasteiger partial charge in [0, 0.05) is 12.1 Å². The zero-order valence-corrected chi connectivity index (χ0v) is 16.5. The highest BCUT2D eigenvalue weighted by Gasteiger charge is 2.38. The van der Waals surface area contributed by atoms with Crippen molar-refractivity contribution >= 4 is 23.2 Å². The number of hydrogen-bond acceptors (Lipinski definition) is 7. The van der Waals surface area contributed by atoms with Gasteiger partial charge in [-0.1, -0.05) is 6.07 Å². The van der Waals surface area contributed by atoms with E-state index in [2.05, 4.69) is 0 Å². The summed E-state index contributed by atoms with van der Waals surface area (Å²) in [6.07, 6.45) is 0. The number of nitro benzene ring substituents is 1. The molecule has 0 saturated carbocycles. The Hall–Kier alpha value is -4.40. The van der Waals surface area contributed by atoms with Gasteiger partial charge in [-0.3, -0.25) is 19.7 Å². The number of amides is 2. The Morgan fingerprint density at radius 1 is 0.806 bits per heavy atom. The van der Waals surface area contributed by atoms with Crippen LogP contribution in [0.3, 0.4) is 0 Å². The van der Waals surface area contributed by atoms with E-state index >= 15 is 0 Å². The van der Waals surface area contributed by atoms with E-state index in [1.54, 1.807) is 24.3 Å². The second-order valence-corrected chi connectivity index (χ2v) is 6.55. The number of nitro groups is 1. The maximum absolute atomic E-state index is 13.1. The zero-order chi connectivity index (χ0) is 22.1. The molecule has 0 N–H and O–H groups in total. The summed E-state index contributed by atoms with van der Waals surface area (Å²) in [6.45, 7) is 0. The lowest BCUT2D eigenvalue weighted by Crippen LogP contribution is -2.29. The molecule has 0 bridgehead atoms. The number of fused-ring (bicyclic) bond motifs is 1. The number of ether oxygens (including phenoxy) is 3. The number of anilines is 1. The molecule has 1 aliphatic rings. The lowest BCUT2D eigenvalue weighted by atomic mass is 10.1. The summed E-state index contributed by atoms with van der Waals surface area (Å²) in [5.74, 6) is 0.300. The van der Waals surface area contributed by atoms with Crippen molar-refractivity contribution in [3.63, 3.8) is 0 Å². The van der Waals surface area contributed by atoms with Gasteiger partial charge in [-0.2, -0.15) is 0 Å². The van der Waals surface area contributed by atoms with Crippen LogP contribution < -0.4 is 19.1 Å². The fourth-order valence-electron chi connectivity index (χ4n) is 3.27. The van der Waals surface area contributed by atoms with Gasteiger partial charge in [0.05, 0.1) is 42.0 Å². The predicted molar refractivity (Wildman–Crippen MR) is 110 cm³/mol. The van der Waals surface area contributed by atoms with E-state index in [4.69, 9.17) is 14.2 Å². The molecule has 1 aliphatic heterocycles. The number of benzene rings is 3. The van der Waals surface area contributed by atoms with Gasteiger partial charge in [0.1, 0.15) is 23.0 Å². The van der Waals surface area contributed by atoms with Crippen molar-refractivity contribution in [3.05, 3.63) is 81.9 Å². The fraction of sp³-hybridized carbons (Fsp3) is 0.0909. The first-order chi connectivity index (χ1) is 14.9. The second-order valence-electron chi connectivity index (χ2n) is 6.55. The van der Waals surface area contributed by atoms with E-state index < -0.39 is 16.7 Å². The average Bonchev–Trinajstić information content (AvgIpc) is 3.03. The number of non-ortho nitro benzene ring substituents is 1. The van der Waals surface area contributed by atoms with Crippen LogP contribution in [0.25, 0.3) is 0 Å². The monoisotopic (exact) mass is 420 g/mol. The van der Waals surface area contributed by atoms with Crippen LogP contribution in [0.4, 0.5) is 11.4 Å². The molecule has 0 radical (unpaired) electrons. The lowest BCUT2D eigenvalue weighted by Gasteiger charge is -2.17. The van der Waals surface area contributed by atoms with Gasteiger partial charge in [-0.25, -0.2) is 4.90 Å². The second kappa shape index (κ2) is 7.79. The first-order valence-electron chi connectivity index (χ1n) is 9.10. The molecule has 0 unspecified atom stereocenters. The van der Waals surface area contributed by atoms with E-state index in [0.717, 1.165) is 4.90 Å². The maximum atomic E-state index is 13.1. The average molecular weight is 420 g/mol. The molecule has 0 fully saturated rings. The number of carbonyl (C=O) groups is 2. The molecule has 9 heteroatoms. The van der Waals surface area contributed by atoms with E-state index in [-0.39, 0.29) is 34.0 Å². The molecule has 0 aliphatic carbocycles. The molecule has 0 aromatic heterocycles. The number of imide groups is 1. The van der Waals surface area contributed by atoms with Crippen LogP contribution in [0.1, 0.15) is 20.7 Å². The van der Waals surface area contributed by atoms with E-state index in [0.29, 0.717) is 11.5 Å². The molecule has 0 saturated heterocycles. The van der Waals surface area contributed by atoms with Crippen molar-refractivity contribution in [2.24, 2.45) is 0 Å². The summed E-state index contributed by atoms with van der Waals surface area (Å²) in [4.78, 5) is 37.4. The van der Waals surface area contributed by atoms with Crippen LogP contribution in [-0.4, -0.2) is 31.0 Å². The van der Waals surface area contributed by atoms with Crippen molar-refractivity contribution in [1.29, 1.82) is 0 Å². The van der Waals surface area contributed by atoms with Crippen LogP contribution in [0.15, 0.2) is 60.7 Å². The molecule has 1 heterocycles. The Balaban J connectivity index is 1.67. The molecule has 4 rings (SSSR count). The molecule has 2 amide bonds. The minimum absolute atomic E-state index is 0.123. The molecule has 9 nitrogen and oxygen atoms in total. The molecule has 31 heavy (non-hydrogen) atoms. The third kappa shape index (κ3) is 3.52. The third-order valence-electron chi connectivity index (χ3n) is 4.75. The Bertz CT molecular complexity index is 1220. The van der Waals surface area contributed by atoms with E-state index in [1.807, 2.05) is 0 Å². The maximum Gasteiger partial charge on any atom is 0.273 e. The fourth-order valence-corrected chi connectivity index (χ4v) is 3.27. The number of nitrogens with zero attached hydrogens (tertiary/aromatic N) is 2. The summed E-state index contributed by atoms with van der Waals surface area (Å²) < 4.78 is 16.1. The number of rotatable bonds is 6. The van der Waals surface area contributed by atoms with Gasteiger partial charge in [-0.15, -0.1) is 0 Å². The Morgan fingerprint density at radius 2 is 1.52 bits per heavy atom. The summed E-state index contributed by atoms with van der Waals surface area (Å²) in [5.41, 5.74) is 0.540. The van der Waals surface area contributed by atoms with Crippen molar-refractivity contribution in [1.82, 2.24) is 0 Å². The molecule has 156 valence electrons. The van der Waals surface area contributed by atoms with Crippen LogP contribution in [0.5, 0.6) is 23.0 Å². The summed E-state index contributed by atoms with van der Waals surface area (Å²) in [5, 5.41) is 10.9. The molecule has 0 spiro atoms. The van der Waals surface area contributed by atoms with Crippen LogP contribution >= 0.6 is 0 Å². The number of methoxy groups -OCH3 is 2. The van der Waals surface area contributed by atoms with Crippen molar-refractivity contribution in [2.45, 2.75) is 0 Å². The standard InChI is InChI=1S/C22H16N2O7/c1-29-14-7-9-19(20(12-14)30-2)23-21(25)17-8-6-16(11-18(17)22(23)26)31-15-5-3-4-13(10-15)24(27)28/h3-12H,1-2H3. The zero-order valence-electron chi connectivity index (χ0n) is 16.5. The Morgan fingerprint density at radius 3 is 2.23 bits per heavy atom. The normalized spacial score (nSPS) is 12.5. The number of hydrogen-bond donors (Lipinski definition) is 0. The van der Waals surface area contributed by atoms with Gasteiger partial charge >= 0.3 is 0 Å². The SMILES string of the molecule is COc1ccc(N2C(=O)c3ccc(Oc4cccc([N+](=O)[O-])c4)cc3C2=O)c(OC)c1. The molecular formula is C22H16N2O7. The van der Waals surface area contributed by atoms with Gasteiger partial charge in [-0.05, 0) is 36.4 Å². The Kier molecular flexibility index (Phi) is 5.00. The van der Waals surface area contributed by atoms with E-state index in [1.165, 1.54) is 50.6 Å². The van der Waals surface area contributed by atoms with Crippen molar-refractivity contribution in [3.8, 4) is 23.0 Å². The third-order valence-corrected chi connectivity index (χ3v) is 4.75. The van der Waals surface area contributed by atoms with Crippen LogP contribution in [0.2, 0.25) is 0 Å². The first-order valence-corrected chi connectivity index (χ1v) is 9.10.